The lowest BCUT2D eigenvalue weighted by Crippen LogP contribution is -2.58. The van der Waals surface area contributed by atoms with Crippen molar-refractivity contribution in [2.24, 2.45) is 0 Å². The van der Waals surface area contributed by atoms with Gasteiger partial charge in [-0.25, -0.2) is 0 Å². The smallest absolute Gasteiger partial charge is 0.304 e. The summed E-state index contributed by atoms with van der Waals surface area (Å²) in [6.07, 6.45) is -2.07. The van der Waals surface area contributed by atoms with Gasteiger partial charge in [0.05, 0.1) is 12.4 Å². The van der Waals surface area contributed by atoms with Gasteiger partial charge in [-0.05, 0) is 19.9 Å². The summed E-state index contributed by atoms with van der Waals surface area (Å²) in [4.78, 5) is 54.9. The summed E-state index contributed by atoms with van der Waals surface area (Å²) in [7, 11) is 0. The Labute approximate surface area is 208 Å². The van der Waals surface area contributed by atoms with Crippen LogP contribution in [-0.2, 0) is 57.1 Å². The van der Waals surface area contributed by atoms with Crippen molar-refractivity contribution in [3.05, 3.63) is 12.3 Å². The highest BCUT2D eigenvalue weighted by molar-refractivity contribution is 6.21. The maximum absolute atomic E-state index is 11.2. The summed E-state index contributed by atoms with van der Waals surface area (Å²) in [5, 5.41) is -0.983. The second kappa shape index (κ2) is 13.9. The van der Waals surface area contributed by atoms with Crippen LogP contribution in [0.1, 0.15) is 48.5 Å². The molecular weight excluding hydrogens is 492 g/mol. The van der Waals surface area contributed by atoms with E-state index in [9.17, 15) is 24.0 Å². The van der Waals surface area contributed by atoms with Crippen molar-refractivity contribution in [3.8, 4) is 0 Å². The SMILES string of the molecule is CC(=O)OC1O[C@@H](C)[C@@H](OC(C)=O)[C@@H](OC(C)=O)[C@@H]1Cl.CC(=O)O[C@@H]1[C@H](C)OC=C[C@@H]1OC(C)=O. The first-order valence-corrected chi connectivity index (χ1v) is 11.1. The molecule has 35 heavy (non-hydrogen) atoms. The predicted molar refractivity (Wildman–Crippen MR) is 118 cm³/mol. The summed E-state index contributed by atoms with van der Waals surface area (Å²) in [6, 6.07) is 0. The monoisotopic (exact) mass is 522 g/mol. The highest BCUT2D eigenvalue weighted by atomic mass is 35.5. The first-order chi connectivity index (χ1) is 16.2. The zero-order valence-corrected chi connectivity index (χ0v) is 21.3. The number of esters is 5. The van der Waals surface area contributed by atoms with Crippen molar-refractivity contribution < 1.29 is 57.1 Å². The maximum Gasteiger partial charge on any atom is 0.304 e. The van der Waals surface area contributed by atoms with Gasteiger partial charge in [0.25, 0.3) is 0 Å². The van der Waals surface area contributed by atoms with Crippen LogP contribution in [0.25, 0.3) is 0 Å². The van der Waals surface area contributed by atoms with Gasteiger partial charge in [0.1, 0.15) is 11.5 Å². The summed E-state index contributed by atoms with van der Waals surface area (Å²) < 4.78 is 35.6. The van der Waals surface area contributed by atoms with E-state index in [1.165, 1.54) is 40.9 Å². The van der Waals surface area contributed by atoms with Crippen LogP contribution in [0.4, 0.5) is 0 Å². The molecule has 0 N–H and O–H groups in total. The molecule has 0 aromatic rings. The van der Waals surface area contributed by atoms with E-state index in [0.717, 1.165) is 0 Å². The minimum Gasteiger partial charge on any atom is -0.494 e. The Morgan fingerprint density at radius 3 is 1.60 bits per heavy atom. The standard InChI is InChI=1S/C12H17ClO7.C10H14O5/c1-5-10(18-6(2)14)11(19-7(3)15)9(13)12(17-5)20-8(4)16;1-6-10(15-8(3)12)9(4-5-13-6)14-7(2)11/h5,9-12H,1-4H3;4-6,9-10H,1-3H3/t5-,9-,10+,11-,12?;6-,9-,10+/m00/s1. The lowest BCUT2D eigenvalue weighted by atomic mass is 10.0. The van der Waals surface area contributed by atoms with Gasteiger partial charge in [0.15, 0.2) is 24.4 Å². The topological polar surface area (TPSA) is 150 Å². The van der Waals surface area contributed by atoms with Crippen molar-refractivity contribution in [1.82, 2.24) is 0 Å². The second-order valence-corrected chi connectivity index (χ2v) is 8.23. The normalized spacial score (nSPS) is 31.4. The molecule has 2 aliphatic rings. The number of carbonyl (C=O) groups excluding carboxylic acids is 5. The molecule has 2 heterocycles. The number of alkyl halides is 1. The summed E-state index contributed by atoms with van der Waals surface area (Å²) in [6.45, 7) is 9.58. The fourth-order valence-electron chi connectivity index (χ4n) is 3.26. The molecule has 1 unspecified atom stereocenters. The largest absolute Gasteiger partial charge is 0.494 e. The van der Waals surface area contributed by atoms with E-state index in [4.69, 9.17) is 44.8 Å². The molecule has 0 aliphatic carbocycles. The third-order valence-electron chi connectivity index (χ3n) is 4.55. The van der Waals surface area contributed by atoms with Crippen molar-refractivity contribution in [2.45, 2.75) is 96.8 Å². The molecule has 0 aromatic heterocycles. The Hall–Kier alpha value is -2.86. The number of carbonyl (C=O) groups is 5. The molecule has 0 aromatic carbocycles. The van der Waals surface area contributed by atoms with Crippen LogP contribution in [-0.4, -0.2) is 78.1 Å². The van der Waals surface area contributed by atoms with Crippen molar-refractivity contribution >= 4 is 41.4 Å². The van der Waals surface area contributed by atoms with E-state index in [1.54, 1.807) is 19.9 Å². The molecule has 0 spiro atoms. The summed E-state index contributed by atoms with van der Waals surface area (Å²) in [5.74, 6) is -2.58. The minimum atomic E-state index is -1.08. The van der Waals surface area contributed by atoms with E-state index < -0.39 is 72.0 Å². The van der Waals surface area contributed by atoms with Gasteiger partial charge in [0.2, 0.25) is 6.29 Å². The zero-order valence-electron chi connectivity index (χ0n) is 20.6. The second-order valence-electron chi connectivity index (χ2n) is 7.73. The van der Waals surface area contributed by atoms with E-state index in [0.29, 0.717) is 0 Å². The molecule has 0 saturated carbocycles. The van der Waals surface area contributed by atoms with Gasteiger partial charge in [-0.1, -0.05) is 0 Å². The van der Waals surface area contributed by atoms with Gasteiger partial charge >= 0.3 is 29.8 Å². The van der Waals surface area contributed by atoms with E-state index in [-0.39, 0.29) is 6.10 Å². The Balaban J connectivity index is 0.000000365. The van der Waals surface area contributed by atoms with Crippen molar-refractivity contribution in [2.75, 3.05) is 0 Å². The molecule has 2 aliphatic heterocycles. The van der Waals surface area contributed by atoms with Crippen LogP contribution >= 0.6 is 11.6 Å². The average Bonchev–Trinajstić information content (AvgIpc) is 2.70. The number of rotatable bonds is 5. The molecule has 2 rings (SSSR count). The third-order valence-corrected chi connectivity index (χ3v) is 5.00. The van der Waals surface area contributed by atoms with Crippen LogP contribution in [0.5, 0.6) is 0 Å². The van der Waals surface area contributed by atoms with Gasteiger partial charge in [0, 0.05) is 34.6 Å². The third kappa shape index (κ3) is 10.1. The molecule has 0 amide bonds. The lowest BCUT2D eigenvalue weighted by Gasteiger charge is -2.41. The molecule has 0 radical (unpaired) electrons. The molecule has 1 saturated heterocycles. The van der Waals surface area contributed by atoms with Crippen LogP contribution < -0.4 is 0 Å². The molecule has 13 heteroatoms. The van der Waals surface area contributed by atoms with Gasteiger partial charge in [-0.2, -0.15) is 0 Å². The van der Waals surface area contributed by atoms with Crippen LogP contribution in [0.15, 0.2) is 12.3 Å². The first kappa shape index (κ1) is 30.2. The molecule has 12 nitrogen and oxygen atoms in total. The highest BCUT2D eigenvalue weighted by Gasteiger charge is 2.49. The number of hydrogen-bond acceptors (Lipinski definition) is 12. The first-order valence-electron chi connectivity index (χ1n) is 10.7. The van der Waals surface area contributed by atoms with Crippen molar-refractivity contribution in [3.63, 3.8) is 0 Å². The van der Waals surface area contributed by atoms with Crippen LogP contribution in [0.3, 0.4) is 0 Å². The Morgan fingerprint density at radius 1 is 0.657 bits per heavy atom. The molecule has 198 valence electrons. The van der Waals surface area contributed by atoms with Gasteiger partial charge in [-0.15, -0.1) is 11.6 Å². The summed E-state index contributed by atoms with van der Waals surface area (Å²) in [5.41, 5.74) is 0. The zero-order chi connectivity index (χ0) is 26.9. The fourth-order valence-corrected chi connectivity index (χ4v) is 3.56. The Morgan fingerprint density at radius 2 is 1.11 bits per heavy atom. The maximum atomic E-state index is 11.2. The predicted octanol–water partition coefficient (Wildman–Crippen LogP) is 1.55. The number of ether oxygens (including phenoxy) is 7. The van der Waals surface area contributed by atoms with Crippen molar-refractivity contribution in [1.29, 1.82) is 0 Å². The molecule has 1 fully saturated rings. The van der Waals surface area contributed by atoms with E-state index in [2.05, 4.69) is 0 Å². The Bertz CT molecular complexity index is 812. The minimum absolute atomic E-state index is 0.330. The molecular formula is C22H31ClO12. The Kier molecular flexibility index (Phi) is 12.0. The highest BCUT2D eigenvalue weighted by Crippen LogP contribution is 2.30. The number of halogens is 1. The van der Waals surface area contributed by atoms with Crippen LogP contribution in [0, 0.1) is 0 Å². The summed E-state index contributed by atoms with van der Waals surface area (Å²) >= 11 is 6.11. The number of hydrogen-bond donors (Lipinski definition) is 0. The van der Waals surface area contributed by atoms with E-state index in [1.807, 2.05) is 0 Å². The average molecular weight is 523 g/mol. The molecule has 0 bridgehead atoms. The van der Waals surface area contributed by atoms with E-state index >= 15 is 0 Å². The quantitative estimate of drug-likeness (QED) is 0.292. The van der Waals surface area contributed by atoms with Gasteiger partial charge in [-0.3, -0.25) is 24.0 Å². The lowest BCUT2D eigenvalue weighted by molar-refractivity contribution is -0.247. The van der Waals surface area contributed by atoms with Gasteiger partial charge < -0.3 is 33.2 Å². The fraction of sp³-hybridized carbons (Fsp3) is 0.682. The molecule has 8 atom stereocenters. The van der Waals surface area contributed by atoms with Crippen LogP contribution in [0.2, 0.25) is 0 Å².